The first-order valence-electron chi connectivity index (χ1n) is 25.2. The highest BCUT2D eigenvalue weighted by Gasteiger charge is 2.22. The van der Waals surface area contributed by atoms with Crippen molar-refractivity contribution in [1.82, 2.24) is 5.32 Å². The standard InChI is InChI=1S/C51H99NO4/c1-3-5-7-9-11-13-15-17-19-21-23-25-26-28-29-31-33-35-37-39-41-43-45-49(54)48(47-53)52-51(56)50(55)46-44-42-40-38-36-34-32-30-27-24-22-20-18-16-14-12-10-8-6-4-2/h35,37,43,45,48-50,53-55H,3-34,36,38-42,44,46-47H2,1-2H3,(H,52,56)/b37-35+,45-43+. The highest BCUT2D eigenvalue weighted by atomic mass is 16.3. The van der Waals surface area contributed by atoms with E-state index in [4.69, 9.17) is 0 Å². The van der Waals surface area contributed by atoms with Crippen LogP contribution < -0.4 is 5.32 Å². The predicted octanol–water partition coefficient (Wildman–Crippen LogP) is 14.9. The highest BCUT2D eigenvalue weighted by Crippen LogP contribution is 2.17. The molecule has 0 radical (unpaired) electrons. The highest BCUT2D eigenvalue weighted by molar-refractivity contribution is 5.80. The summed E-state index contributed by atoms with van der Waals surface area (Å²) in [5.74, 6) is -0.508. The van der Waals surface area contributed by atoms with E-state index in [0.29, 0.717) is 6.42 Å². The average molecular weight is 790 g/mol. The summed E-state index contributed by atoms with van der Waals surface area (Å²) in [6.45, 7) is 4.20. The molecule has 332 valence electrons. The fourth-order valence-corrected chi connectivity index (χ4v) is 7.85. The third-order valence-electron chi connectivity index (χ3n) is 11.8. The Hall–Kier alpha value is -1.17. The Morgan fingerprint density at radius 2 is 0.732 bits per heavy atom. The van der Waals surface area contributed by atoms with E-state index >= 15 is 0 Å². The molecular weight excluding hydrogens is 691 g/mol. The second kappa shape index (κ2) is 46.5. The molecule has 0 aromatic carbocycles. The van der Waals surface area contributed by atoms with Gasteiger partial charge in [0.1, 0.15) is 6.10 Å². The minimum absolute atomic E-state index is 0.373. The Labute approximate surface area is 350 Å². The van der Waals surface area contributed by atoms with Gasteiger partial charge in [-0.1, -0.05) is 263 Å². The third-order valence-corrected chi connectivity index (χ3v) is 11.8. The molecule has 0 aromatic heterocycles. The molecule has 5 nitrogen and oxygen atoms in total. The average Bonchev–Trinajstić information content (AvgIpc) is 3.20. The van der Waals surface area contributed by atoms with Crippen molar-refractivity contribution in [3.8, 4) is 0 Å². The van der Waals surface area contributed by atoms with Gasteiger partial charge in [-0.2, -0.15) is 0 Å². The van der Waals surface area contributed by atoms with Crippen LogP contribution in [0.25, 0.3) is 0 Å². The lowest BCUT2D eigenvalue weighted by molar-refractivity contribution is -0.131. The summed E-state index contributed by atoms with van der Waals surface area (Å²) in [6, 6.07) is -0.811. The van der Waals surface area contributed by atoms with Crippen LogP contribution in [0.4, 0.5) is 0 Å². The Bertz CT molecular complexity index is 829. The van der Waals surface area contributed by atoms with Crippen molar-refractivity contribution in [2.45, 2.75) is 289 Å². The van der Waals surface area contributed by atoms with Gasteiger partial charge in [0.25, 0.3) is 0 Å². The Balaban J connectivity index is 3.64. The van der Waals surface area contributed by atoms with Gasteiger partial charge in [0.05, 0.1) is 18.8 Å². The van der Waals surface area contributed by atoms with E-state index in [9.17, 15) is 20.1 Å². The number of unbranched alkanes of at least 4 members (excludes halogenated alkanes) is 36. The van der Waals surface area contributed by atoms with Crippen molar-refractivity contribution < 1.29 is 20.1 Å². The number of hydrogen-bond acceptors (Lipinski definition) is 4. The number of amides is 1. The third kappa shape index (κ3) is 41.0. The summed E-state index contributed by atoms with van der Waals surface area (Å²) in [7, 11) is 0. The molecule has 0 bridgehead atoms. The summed E-state index contributed by atoms with van der Waals surface area (Å²) >= 11 is 0. The van der Waals surface area contributed by atoms with Crippen molar-refractivity contribution in [1.29, 1.82) is 0 Å². The zero-order valence-corrected chi connectivity index (χ0v) is 37.8. The number of rotatable bonds is 46. The van der Waals surface area contributed by atoms with Crippen molar-refractivity contribution in [3.05, 3.63) is 24.3 Å². The SMILES string of the molecule is CCCCCCCCCCCCCCCCCC/C=C/CC/C=C/C(O)C(CO)NC(=O)C(O)CCCCCCCCCCCCCCCCCCCCCC. The minimum atomic E-state index is -1.10. The lowest BCUT2D eigenvalue weighted by Gasteiger charge is -2.21. The molecule has 0 aliphatic carbocycles. The summed E-state index contributed by atoms with van der Waals surface area (Å²) in [4.78, 5) is 12.5. The van der Waals surface area contributed by atoms with Crippen molar-refractivity contribution >= 4 is 5.91 Å². The molecule has 3 unspecified atom stereocenters. The summed E-state index contributed by atoms with van der Waals surface area (Å²) in [5, 5.41) is 33.2. The number of nitrogens with one attached hydrogen (secondary N) is 1. The number of aliphatic hydroxyl groups is 3. The predicted molar refractivity (Wildman–Crippen MR) is 245 cm³/mol. The van der Waals surface area contributed by atoms with Crippen LogP contribution in [0.15, 0.2) is 24.3 Å². The number of carbonyl (C=O) groups is 1. The maximum absolute atomic E-state index is 12.5. The molecule has 0 aliphatic rings. The van der Waals surface area contributed by atoms with Gasteiger partial charge >= 0.3 is 0 Å². The molecule has 0 aromatic rings. The molecule has 0 saturated heterocycles. The fourth-order valence-electron chi connectivity index (χ4n) is 7.85. The monoisotopic (exact) mass is 790 g/mol. The van der Waals surface area contributed by atoms with Crippen LogP contribution >= 0.6 is 0 Å². The van der Waals surface area contributed by atoms with Crippen LogP contribution in [0.5, 0.6) is 0 Å². The number of allylic oxidation sites excluding steroid dienone is 3. The molecule has 0 spiro atoms. The quantitative estimate of drug-likeness (QED) is 0.0365. The van der Waals surface area contributed by atoms with Crippen molar-refractivity contribution in [2.24, 2.45) is 0 Å². The molecule has 5 heteroatoms. The van der Waals surface area contributed by atoms with E-state index < -0.39 is 24.2 Å². The second-order valence-corrected chi connectivity index (χ2v) is 17.4. The Morgan fingerprint density at radius 3 is 1.09 bits per heavy atom. The van der Waals surface area contributed by atoms with Crippen LogP contribution in [-0.4, -0.2) is 46.1 Å². The molecule has 3 atom stereocenters. The smallest absolute Gasteiger partial charge is 0.249 e. The molecule has 0 aliphatic heterocycles. The molecule has 0 saturated carbocycles. The van der Waals surface area contributed by atoms with Gasteiger partial charge in [0.2, 0.25) is 5.91 Å². The molecule has 56 heavy (non-hydrogen) atoms. The van der Waals surface area contributed by atoms with E-state index in [2.05, 4.69) is 31.3 Å². The lowest BCUT2D eigenvalue weighted by Crippen LogP contribution is -2.48. The van der Waals surface area contributed by atoms with Crippen molar-refractivity contribution in [3.63, 3.8) is 0 Å². The van der Waals surface area contributed by atoms with Gasteiger partial charge in [-0.15, -0.1) is 0 Å². The van der Waals surface area contributed by atoms with Crippen molar-refractivity contribution in [2.75, 3.05) is 6.61 Å². The maximum atomic E-state index is 12.5. The van der Waals surface area contributed by atoms with Gasteiger partial charge < -0.3 is 20.6 Å². The number of carbonyl (C=O) groups excluding carboxylic acids is 1. The van der Waals surface area contributed by atoms with E-state index in [1.807, 2.05) is 6.08 Å². The van der Waals surface area contributed by atoms with Crippen LogP contribution in [0.3, 0.4) is 0 Å². The molecular formula is C51H99NO4. The van der Waals surface area contributed by atoms with Gasteiger partial charge in [-0.05, 0) is 32.1 Å². The van der Waals surface area contributed by atoms with Gasteiger partial charge in [-0.3, -0.25) is 4.79 Å². The number of aliphatic hydroxyl groups excluding tert-OH is 3. The van der Waals surface area contributed by atoms with Crippen LogP contribution in [0, 0.1) is 0 Å². The Morgan fingerprint density at radius 1 is 0.429 bits per heavy atom. The fraction of sp³-hybridized carbons (Fsp3) is 0.902. The maximum Gasteiger partial charge on any atom is 0.249 e. The number of hydrogen-bond donors (Lipinski definition) is 4. The first-order valence-corrected chi connectivity index (χ1v) is 25.2. The van der Waals surface area contributed by atoms with Crippen LogP contribution in [0.2, 0.25) is 0 Å². The van der Waals surface area contributed by atoms with E-state index in [1.165, 1.54) is 212 Å². The van der Waals surface area contributed by atoms with Crippen LogP contribution in [0.1, 0.15) is 271 Å². The molecule has 0 fully saturated rings. The normalized spacial score (nSPS) is 13.6. The molecule has 0 heterocycles. The molecule has 4 N–H and O–H groups in total. The topological polar surface area (TPSA) is 89.8 Å². The van der Waals surface area contributed by atoms with Gasteiger partial charge in [0, 0.05) is 0 Å². The zero-order chi connectivity index (χ0) is 40.8. The largest absolute Gasteiger partial charge is 0.394 e. The summed E-state index contributed by atoms with van der Waals surface area (Å²) < 4.78 is 0. The van der Waals surface area contributed by atoms with E-state index in [-0.39, 0.29) is 6.61 Å². The first-order chi connectivity index (χ1) is 27.6. The molecule has 1 amide bonds. The Kier molecular flexibility index (Phi) is 45.5. The molecule has 0 rings (SSSR count). The second-order valence-electron chi connectivity index (χ2n) is 17.4. The van der Waals surface area contributed by atoms with Gasteiger partial charge in [0.15, 0.2) is 0 Å². The lowest BCUT2D eigenvalue weighted by atomic mass is 10.0. The van der Waals surface area contributed by atoms with Crippen LogP contribution in [-0.2, 0) is 4.79 Å². The van der Waals surface area contributed by atoms with E-state index in [1.54, 1.807) is 6.08 Å². The summed E-state index contributed by atoms with van der Waals surface area (Å²) in [6.07, 6.45) is 58.0. The zero-order valence-electron chi connectivity index (χ0n) is 37.8. The summed E-state index contributed by atoms with van der Waals surface area (Å²) in [5.41, 5.74) is 0. The van der Waals surface area contributed by atoms with Gasteiger partial charge in [-0.25, -0.2) is 0 Å². The minimum Gasteiger partial charge on any atom is -0.394 e. The van der Waals surface area contributed by atoms with E-state index in [0.717, 1.165) is 38.5 Å². The first kappa shape index (κ1) is 54.8.